The molecule has 0 aliphatic rings. The molecular formula is C16H24O2. The van der Waals surface area contributed by atoms with Gasteiger partial charge in [-0.3, -0.25) is 4.79 Å². The summed E-state index contributed by atoms with van der Waals surface area (Å²) in [6.45, 7) is 6.48. The van der Waals surface area contributed by atoms with Crippen molar-refractivity contribution in [1.82, 2.24) is 0 Å². The van der Waals surface area contributed by atoms with Crippen molar-refractivity contribution in [2.24, 2.45) is 5.41 Å². The molecule has 0 aliphatic carbocycles. The molecule has 0 saturated heterocycles. The predicted octanol–water partition coefficient (Wildman–Crippen LogP) is 4.34. The van der Waals surface area contributed by atoms with Gasteiger partial charge in [0.15, 0.2) is 0 Å². The number of benzene rings is 1. The summed E-state index contributed by atoms with van der Waals surface area (Å²) in [4.78, 5) is 12.0. The number of carbonyl (C=O) groups is 1. The van der Waals surface area contributed by atoms with Crippen molar-refractivity contribution in [1.29, 1.82) is 0 Å². The average molecular weight is 248 g/mol. The van der Waals surface area contributed by atoms with Crippen molar-refractivity contribution in [2.45, 2.75) is 53.1 Å². The fraction of sp³-hybridized carbons (Fsp3) is 0.562. The van der Waals surface area contributed by atoms with Crippen LogP contribution in [0.15, 0.2) is 30.3 Å². The van der Waals surface area contributed by atoms with Crippen LogP contribution in [0.4, 0.5) is 0 Å². The Kier molecular flexibility index (Phi) is 5.90. The van der Waals surface area contributed by atoms with Crippen molar-refractivity contribution in [3.63, 3.8) is 0 Å². The Morgan fingerprint density at radius 2 is 1.83 bits per heavy atom. The molecular weight excluding hydrogens is 224 g/mol. The van der Waals surface area contributed by atoms with Crippen molar-refractivity contribution in [3.05, 3.63) is 35.9 Å². The smallest absolute Gasteiger partial charge is 0.311 e. The van der Waals surface area contributed by atoms with E-state index in [1.807, 2.05) is 44.2 Å². The molecule has 0 fully saturated rings. The van der Waals surface area contributed by atoms with E-state index in [1.165, 1.54) is 12.8 Å². The van der Waals surface area contributed by atoms with E-state index in [-0.39, 0.29) is 11.4 Å². The van der Waals surface area contributed by atoms with E-state index in [1.54, 1.807) is 0 Å². The molecule has 0 unspecified atom stereocenters. The second-order valence-electron chi connectivity index (χ2n) is 5.40. The molecule has 100 valence electrons. The van der Waals surface area contributed by atoms with Gasteiger partial charge >= 0.3 is 5.97 Å². The second-order valence-corrected chi connectivity index (χ2v) is 5.40. The molecule has 0 aliphatic heterocycles. The van der Waals surface area contributed by atoms with Crippen LogP contribution in [-0.2, 0) is 16.1 Å². The summed E-state index contributed by atoms with van der Waals surface area (Å²) in [5.74, 6) is -0.0949. The number of rotatable bonds is 7. The molecule has 1 rings (SSSR count). The minimum Gasteiger partial charge on any atom is -0.460 e. The Morgan fingerprint density at radius 1 is 1.17 bits per heavy atom. The highest BCUT2D eigenvalue weighted by molar-refractivity contribution is 5.75. The summed E-state index contributed by atoms with van der Waals surface area (Å²) >= 11 is 0. The summed E-state index contributed by atoms with van der Waals surface area (Å²) in [5.41, 5.74) is 0.666. The summed E-state index contributed by atoms with van der Waals surface area (Å²) in [6.07, 6.45) is 4.34. The highest BCUT2D eigenvalue weighted by atomic mass is 16.5. The van der Waals surface area contributed by atoms with Crippen LogP contribution in [0.25, 0.3) is 0 Å². The van der Waals surface area contributed by atoms with E-state index < -0.39 is 0 Å². The molecule has 0 atom stereocenters. The first-order chi connectivity index (χ1) is 8.56. The monoisotopic (exact) mass is 248 g/mol. The van der Waals surface area contributed by atoms with E-state index in [4.69, 9.17) is 4.74 Å². The summed E-state index contributed by atoms with van der Waals surface area (Å²) in [5, 5.41) is 0. The van der Waals surface area contributed by atoms with Gasteiger partial charge in [0.1, 0.15) is 6.61 Å². The molecule has 2 nitrogen and oxygen atoms in total. The van der Waals surface area contributed by atoms with Gasteiger partial charge < -0.3 is 4.74 Å². The van der Waals surface area contributed by atoms with Crippen LogP contribution < -0.4 is 0 Å². The van der Waals surface area contributed by atoms with Crippen molar-refractivity contribution >= 4 is 5.97 Å². The SMILES string of the molecule is CCCCCC(C)(C)C(=O)OCc1ccccc1. The second kappa shape index (κ2) is 7.20. The minimum absolute atomic E-state index is 0.0949. The van der Waals surface area contributed by atoms with Crippen LogP contribution in [0.3, 0.4) is 0 Å². The number of hydrogen-bond donors (Lipinski definition) is 0. The fourth-order valence-electron chi connectivity index (χ4n) is 1.84. The zero-order valence-corrected chi connectivity index (χ0v) is 11.7. The molecule has 1 aromatic carbocycles. The van der Waals surface area contributed by atoms with Crippen LogP contribution in [-0.4, -0.2) is 5.97 Å². The topological polar surface area (TPSA) is 26.3 Å². The van der Waals surface area contributed by atoms with Crippen molar-refractivity contribution in [3.8, 4) is 0 Å². The third-order valence-corrected chi connectivity index (χ3v) is 3.17. The molecule has 0 spiro atoms. The lowest BCUT2D eigenvalue weighted by molar-refractivity contribution is -0.155. The number of unbranched alkanes of at least 4 members (excludes halogenated alkanes) is 2. The molecule has 0 N–H and O–H groups in total. The van der Waals surface area contributed by atoms with Crippen LogP contribution in [0, 0.1) is 5.41 Å². The quantitative estimate of drug-likeness (QED) is 0.530. The van der Waals surface area contributed by atoms with E-state index in [0.717, 1.165) is 18.4 Å². The Hall–Kier alpha value is -1.31. The van der Waals surface area contributed by atoms with E-state index >= 15 is 0 Å². The Bertz CT molecular complexity index is 355. The number of esters is 1. The molecule has 1 aromatic rings. The maximum absolute atomic E-state index is 12.0. The Labute approximate surface area is 110 Å². The van der Waals surface area contributed by atoms with Gasteiger partial charge in [-0.2, -0.15) is 0 Å². The van der Waals surface area contributed by atoms with E-state index in [2.05, 4.69) is 6.92 Å². The predicted molar refractivity (Wildman–Crippen MR) is 74.2 cm³/mol. The summed E-state index contributed by atoms with van der Waals surface area (Å²) < 4.78 is 5.38. The van der Waals surface area contributed by atoms with Crippen molar-refractivity contribution in [2.75, 3.05) is 0 Å². The zero-order valence-electron chi connectivity index (χ0n) is 11.7. The molecule has 18 heavy (non-hydrogen) atoms. The molecule has 0 radical (unpaired) electrons. The zero-order chi connectivity index (χ0) is 13.4. The van der Waals surface area contributed by atoms with Gasteiger partial charge in [-0.25, -0.2) is 0 Å². The van der Waals surface area contributed by atoms with Gasteiger partial charge in [0.05, 0.1) is 5.41 Å². The lowest BCUT2D eigenvalue weighted by Crippen LogP contribution is -2.26. The Balaban J connectivity index is 2.39. The fourth-order valence-corrected chi connectivity index (χ4v) is 1.84. The largest absolute Gasteiger partial charge is 0.460 e. The number of hydrogen-bond acceptors (Lipinski definition) is 2. The lowest BCUT2D eigenvalue weighted by atomic mass is 9.87. The highest BCUT2D eigenvalue weighted by Crippen LogP contribution is 2.25. The first-order valence-corrected chi connectivity index (χ1v) is 6.77. The Morgan fingerprint density at radius 3 is 2.44 bits per heavy atom. The van der Waals surface area contributed by atoms with E-state index in [9.17, 15) is 4.79 Å². The van der Waals surface area contributed by atoms with Gasteiger partial charge in [-0.15, -0.1) is 0 Å². The van der Waals surface area contributed by atoms with Gasteiger partial charge in [0, 0.05) is 0 Å². The maximum atomic E-state index is 12.0. The molecule has 0 amide bonds. The maximum Gasteiger partial charge on any atom is 0.311 e. The van der Waals surface area contributed by atoms with Gasteiger partial charge in [0.25, 0.3) is 0 Å². The van der Waals surface area contributed by atoms with Crippen LogP contribution in [0.2, 0.25) is 0 Å². The standard InChI is InChI=1S/C16H24O2/c1-4-5-9-12-16(2,3)15(17)18-13-14-10-7-6-8-11-14/h6-8,10-11H,4-5,9,12-13H2,1-3H3. The molecule has 0 saturated carbocycles. The van der Waals surface area contributed by atoms with Crippen molar-refractivity contribution < 1.29 is 9.53 Å². The minimum atomic E-state index is -0.371. The normalized spacial score (nSPS) is 11.3. The summed E-state index contributed by atoms with van der Waals surface area (Å²) in [7, 11) is 0. The average Bonchev–Trinajstić information content (AvgIpc) is 2.37. The molecule has 2 heteroatoms. The summed E-state index contributed by atoms with van der Waals surface area (Å²) in [6, 6.07) is 9.81. The van der Waals surface area contributed by atoms with Crippen LogP contribution in [0.5, 0.6) is 0 Å². The highest BCUT2D eigenvalue weighted by Gasteiger charge is 2.28. The third-order valence-electron chi connectivity index (χ3n) is 3.17. The first kappa shape index (κ1) is 14.7. The van der Waals surface area contributed by atoms with Gasteiger partial charge in [-0.05, 0) is 25.8 Å². The lowest BCUT2D eigenvalue weighted by Gasteiger charge is -2.22. The van der Waals surface area contributed by atoms with E-state index in [0.29, 0.717) is 6.61 Å². The first-order valence-electron chi connectivity index (χ1n) is 6.77. The molecule has 0 bridgehead atoms. The molecule has 0 heterocycles. The molecule has 0 aromatic heterocycles. The number of ether oxygens (including phenoxy) is 1. The van der Waals surface area contributed by atoms with Crippen LogP contribution >= 0.6 is 0 Å². The van der Waals surface area contributed by atoms with Crippen LogP contribution in [0.1, 0.15) is 52.0 Å². The van der Waals surface area contributed by atoms with Gasteiger partial charge in [0.2, 0.25) is 0 Å². The number of carbonyl (C=O) groups excluding carboxylic acids is 1. The third kappa shape index (κ3) is 4.91. The van der Waals surface area contributed by atoms with Gasteiger partial charge in [-0.1, -0.05) is 56.5 Å².